The molecule has 0 aliphatic heterocycles. The molecule has 1 aromatic carbocycles. The summed E-state index contributed by atoms with van der Waals surface area (Å²) < 4.78 is 38.4. The van der Waals surface area contributed by atoms with Gasteiger partial charge >= 0.3 is 0 Å². The van der Waals surface area contributed by atoms with Crippen molar-refractivity contribution in [3.05, 3.63) is 23.5 Å². The molecule has 0 unspecified atom stereocenters. The molecule has 3 N–H and O–H groups in total. The van der Waals surface area contributed by atoms with Gasteiger partial charge in [-0.05, 0) is 19.1 Å². The molecule has 0 saturated heterocycles. The summed E-state index contributed by atoms with van der Waals surface area (Å²) in [4.78, 5) is -0.175. The van der Waals surface area contributed by atoms with Crippen LogP contribution in [0.5, 0.6) is 0 Å². The number of anilines is 1. The van der Waals surface area contributed by atoms with Crippen molar-refractivity contribution in [1.29, 1.82) is 0 Å². The van der Waals surface area contributed by atoms with Gasteiger partial charge in [0.1, 0.15) is 5.82 Å². The van der Waals surface area contributed by atoms with E-state index in [1.807, 2.05) is 0 Å². The fraction of sp³-hybridized carbons (Fsp3) is 0.400. The minimum atomic E-state index is -3.82. The molecule has 0 aliphatic rings. The molecular weight excluding hydrogens is 247 g/mol. The topological polar surface area (TPSA) is 83.6 Å². The lowest BCUT2D eigenvalue weighted by atomic mass is 10.2. The first-order chi connectivity index (χ1) is 7.80. The monoisotopic (exact) mass is 262 g/mol. The van der Waals surface area contributed by atoms with Crippen LogP contribution in [0.15, 0.2) is 17.0 Å². The number of nitrogens with zero attached hydrogens (tertiary/aromatic N) is 1. The molecule has 0 atom stereocenters. The van der Waals surface area contributed by atoms with E-state index < -0.39 is 15.8 Å². The van der Waals surface area contributed by atoms with Crippen LogP contribution < -0.4 is 5.73 Å². The minimum Gasteiger partial charge on any atom is -0.399 e. The lowest BCUT2D eigenvalue weighted by Crippen LogP contribution is -2.30. The van der Waals surface area contributed by atoms with Crippen LogP contribution in [0.1, 0.15) is 5.56 Å². The van der Waals surface area contributed by atoms with Crippen LogP contribution in [0.4, 0.5) is 10.1 Å². The van der Waals surface area contributed by atoms with Crippen LogP contribution >= 0.6 is 0 Å². The van der Waals surface area contributed by atoms with Crippen LogP contribution in [-0.4, -0.2) is 38.0 Å². The van der Waals surface area contributed by atoms with Gasteiger partial charge in [0, 0.05) is 24.8 Å². The predicted molar refractivity (Wildman–Crippen MR) is 62.5 cm³/mol. The maximum absolute atomic E-state index is 13.4. The first kappa shape index (κ1) is 13.9. The maximum atomic E-state index is 13.4. The van der Waals surface area contributed by atoms with Gasteiger partial charge in [0.2, 0.25) is 10.0 Å². The maximum Gasteiger partial charge on any atom is 0.243 e. The van der Waals surface area contributed by atoms with Gasteiger partial charge in [-0.15, -0.1) is 0 Å². The highest BCUT2D eigenvalue weighted by Crippen LogP contribution is 2.24. The summed E-state index contributed by atoms with van der Waals surface area (Å²) in [5.41, 5.74) is 5.49. The summed E-state index contributed by atoms with van der Waals surface area (Å²) >= 11 is 0. The number of hydrogen-bond donors (Lipinski definition) is 2. The summed E-state index contributed by atoms with van der Waals surface area (Å²) in [5.74, 6) is -0.666. The third-order valence-corrected chi connectivity index (χ3v) is 4.41. The molecule has 1 rings (SSSR count). The first-order valence-corrected chi connectivity index (χ1v) is 6.37. The largest absolute Gasteiger partial charge is 0.399 e. The highest BCUT2D eigenvalue weighted by Gasteiger charge is 2.24. The number of likely N-dealkylation sites (N-methyl/N-ethyl adjacent to an activating group) is 1. The molecule has 0 spiro atoms. The Morgan fingerprint density at radius 1 is 1.47 bits per heavy atom. The molecule has 1 aromatic rings. The van der Waals surface area contributed by atoms with Gasteiger partial charge in [-0.3, -0.25) is 0 Å². The third kappa shape index (κ3) is 2.74. The highest BCUT2D eigenvalue weighted by atomic mass is 32.2. The van der Waals surface area contributed by atoms with Gasteiger partial charge < -0.3 is 10.8 Å². The zero-order valence-electron chi connectivity index (χ0n) is 9.64. The fourth-order valence-corrected chi connectivity index (χ4v) is 2.80. The van der Waals surface area contributed by atoms with Crippen LogP contribution in [-0.2, 0) is 10.0 Å². The van der Waals surface area contributed by atoms with E-state index in [4.69, 9.17) is 10.8 Å². The number of rotatable bonds is 4. The molecule has 0 fully saturated rings. The van der Waals surface area contributed by atoms with E-state index in [-0.39, 0.29) is 29.3 Å². The molecule has 0 aromatic heterocycles. The Hall–Kier alpha value is -1.18. The second-order valence-electron chi connectivity index (χ2n) is 3.68. The second kappa shape index (κ2) is 4.99. The molecule has 96 valence electrons. The van der Waals surface area contributed by atoms with Crippen molar-refractivity contribution < 1.29 is 17.9 Å². The number of benzene rings is 1. The van der Waals surface area contributed by atoms with Gasteiger partial charge in [0.25, 0.3) is 0 Å². The van der Waals surface area contributed by atoms with E-state index in [0.29, 0.717) is 0 Å². The van der Waals surface area contributed by atoms with Gasteiger partial charge in [-0.1, -0.05) is 0 Å². The quantitative estimate of drug-likeness (QED) is 0.766. The van der Waals surface area contributed by atoms with Crippen LogP contribution in [0.25, 0.3) is 0 Å². The number of nitrogens with two attached hydrogens (primary N) is 1. The number of sulfonamides is 1. The van der Waals surface area contributed by atoms with E-state index in [9.17, 15) is 12.8 Å². The Morgan fingerprint density at radius 2 is 2.06 bits per heavy atom. The molecule has 17 heavy (non-hydrogen) atoms. The minimum absolute atomic E-state index is 0.0176. The van der Waals surface area contributed by atoms with Crippen LogP contribution in [0.3, 0.4) is 0 Å². The molecule has 5 nitrogen and oxygen atoms in total. The molecule has 0 bridgehead atoms. The van der Waals surface area contributed by atoms with E-state index in [1.54, 1.807) is 0 Å². The predicted octanol–water partition coefficient (Wildman–Crippen LogP) is 0.329. The van der Waals surface area contributed by atoms with Crippen molar-refractivity contribution in [2.24, 2.45) is 0 Å². The Bertz CT molecular complexity index is 517. The summed E-state index contributed by atoms with van der Waals surface area (Å²) in [6, 6.07) is 2.28. The van der Waals surface area contributed by atoms with Crippen molar-refractivity contribution in [1.82, 2.24) is 4.31 Å². The van der Waals surface area contributed by atoms with E-state index in [1.165, 1.54) is 20.0 Å². The molecule has 0 radical (unpaired) electrons. The first-order valence-electron chi connectivity index (χ1n) is 4.93. The molecule has 0 aliphatic carbocycles. The zero-order valence-corrected chi connectivity index (χ0v) is 10.5. The highest BCUT2D eigenvalue weighted by molar-refractivity contribution is 7.89. The van der Waals surface area contributed by atoms with Crippen molar-refractivity contribution >= 4 is 15.7 Å². The summed E-state index contributed by atoms with van der Waals surface area (Å²) in [5, 5.41) is 8.72. The number of halogens is 1. The average molecular weight is 262 g/mol. The molecule has 7 heteroatoms. The van der Waals surface area contributed by atoms with Crippen LogP contribution in [0.2, 0.25) is 0 Å². The van der Waals surface area contributed by atoms with E-state index >= 15 is 0 Å². The van der Waals surface area contributed by atoms with Crippen molar-refractivity contribution in [2.45, 2.75) is 11.8 Å². The summed E-state index contributed by atoms with van der Waals surface area (Å²) in [6.45, 7) is 1.01. The molecule has 0 heterocycles. The van der Waals surface area contributed by atoms with Crippen molar-refractivity contribution in [2.75, 3.05) is 25.9 Å². The average Bonchev–Trinajstić information content (AvgIpc) is 2.23. The molecule has 0 saturated carbocycles. The third-order valence-electron chi connectivity index (χ3n) is 2.42. The number of hydrogen-bond acceptors (Lipinski definition) is 4. The smallest absolute Gasteiger partial charge is 0.243 e. The van der Waals surface area contributed by atoms with Crippen molar-refractivity contribution in [3.8, 4) is 0 Å². The van der Waals surface area contributed by atoms with Crippen LogP contribution in [0, 0.1) is 12.7 Å². The Kier molecular flexibility index (Phi) is 4.07. The van der Waals surface area contributed by atoms with Gasteiger partial charge in [-0.25, -0.2) is 12.8 Å². The summed E-state index contributed by atoms with van der Waals surface area (Å²) in [7, 11) is -2.51. The zero-order chi connectivity index (χ0) is 13.2. The van der Waals surface area contributed by atoms with Gasteiger partial charge in [-0.2, -0.15) is 4.31 Å². The standard InChI is InChI=1S/C10H15FN2O3S/c1-7-9(11)5-8(12)6-10(7)17(15,16)13(2)3-4-14/h5-6,14H,3-4,12H2,1-2H3. The number of aliphatic hydroxyl groups excluding tert-OH is 1. The van der Waals surface area contributed by atoms with Crippen molar-refractivity contribution in [3.63, 3.8) is 0 Å². The fourth-order valence-electron chi connectivity index (χ4n) is 1.37. The second-order valence-corrected chi connectivity index (χ2v) is 5.69. The summed E-state index contributed by atoms with van der Waals surface area (Å²) in [6.07, 6.45) is 0. The number of nitrogen functional groups attached to an aromatic ring is 1. The lowest BCUT2D eigenvalue weighted by molar-refractivity contribution is 0.266. The molecular formula is C10H15FN2O3S. The van der Waals surface area contributed by atoms with E-state index in [0.717, 1.165) is 10.4 Å². The Labute approximate surface area is 99.7 Å². The number of aliphatic hydroxyl groups is 1. The van der Waals surface area contributed by atoms with Gasteiger partial charge in [0.15, 0.2) is 0 Å². The SMILES string of the molecule is Cc1c(F)cc(N)cc1S(=O)(=O)N(C)CCO. The normalized spacial score (nSPS) is 12.1. The Morgan fingerprint density at radius 3 is 2.59 bits per heavy atom. The molecule has 0 amide bonds. The van der Waals surface area contributed by atoms with E-state index in [2.05, 4.69) is 0 Å². The lowest BCUT2D eigenvalue weighted by Gasteiger charge is -2.18. The Balaban J connectivity index is 3.33. The van der Waals surface area contributed by atoms with Gasteiger partial charge in [0.05, 0.1) is 11.5 Å².